The number of esters is 1. The summed E-state index contributed by atoms with van der Waals surface area (Å²) < 4.78 is 10.8. The molecule has 2 rings (SSSR count). The van der Waals surface area contributed by atoms with Gasteiger partial charge >= 0.3 is 5.97 Å². The van der Waals surface area contributed by atoms with Gasteiger partial charge in [0.2, 0.25) is 5.91 Å². The standard InChI is InChI=1S/C29H44N2O7/c1-7-19(6)15-31-28(36)29(18(4)5)25(26(34)21(30)13-17(2)3)22(32)14-23(27(29)35)38-24(33)16-37-20-11-9-8-10-12-20/h8-12,17-19,21,23,25-26,34H,7,13-16,30H2,1-6H3,(H,31,36)/t19?,21-,23-,25?,26+,29-/m0/s1. The number of nitrogens with one attached hydrogen (secondary N) is 1. The highest BCUT2D eigenvalue weighted by atomic mass is 16.6. The van der Waals surface area contributed by atoms with Crippen LogP contribution in [0, 0.1) is 29.1 Å². The number of carbonyl (C=O) groups excluding carboxylic acids is 4. The van der Waals surface area contributed by atoms with E-state index in [-0.39, 0.29) is 11.8 Å². The van der Waals surface area contributed by atoms with Gasteiger partial charge in [0.1, 0.15) is 16.9 Å². The Bertz CT molecular complexity index is 965. The Morgan fingerprint density at radius 2 is 1.76 bits per heavy atom. The van der Waals surface area contributed by atoms with Crippen molar-refractivity contribution < 1.29 is 33.8 Å². The van der Waals surface area contributed by atoms with E-state index in [4.69, 9.17) is 15.2 Å². The number of nitrogens with two attached hydrogens (primary N) is 1. The number of hydrogen-bond donors (Lipinski definition) is 3. The largest absolute Gasteiger partial charge is 0.482 e. The van der Waals surface area contributed by atoms with Crippen LogP contribution in [0.25, 0.3) is 0 Å². The van der Waals surface area contributed by atoms with Crippen LogP contribution in [-0.4, -0.2) is 60.0 Å². The molecular formula is C29H44N2O7. The third-order valence-corrected chi connectivity index (χ3v) is 7.42. The number of aliphatic hydroxyl groups excluding tert-OH is 1. The summed E-state index contributed by atoms with van der Waals surface area (Å²) in [6.07, 6.45) is -2.15. The van der Waals surface area contributed by atoms with Gasteiger partial charge in [0, 0.05) is 12.6 Å². The Morgan fingerprint density at radius 3 is 2.32 bits per heavy atom. The molecule has 1 aliphatic carbocycles. The molecule has 0 bridgehead atoms. The lowest BCUT2D eigenvalue weighted by Crippen LogP contribution is -2.67. The van der Waals surface area contributed by atoms with Crippen molar-refractivity contribution in [2.45, 2.75) is 79.1 Å². The fourth-order valence-corrected chi connectivity index (χ4v) is 5.13. The van der Waals surface area contributed by atoms with E-state index in [0.717, 1.165) is 6.42 Å². The van der Waals surface area contributed by atoms with Crippen molar-refractivity contribution >= 4 is 23.4 Å². The number of rotatable bonds is 13. The second-order valence-electron chi connectivity index (χ2n) is 11.1. The summed E-state index contributed by atoms with van der Waals surface area (Å²) in [7, 11) is 0. The summed E-state index contributed by atoms with van der Waals surface area (Å²) >= 11 is 0. The van der Waals surface area contributed by atoms with Crippen molar-refractivity contribution in [3.8, 4) is 5.75 Å². The second kappa shape index (κ2) is 13.8. The molecule has 4 N–H and O–H groups in total. The first-order valence-electron chi connectivity index (χ1n) is 13.5. The molecule has 1 amide bonds. The highest BCUT2D eigenvalue weighted by Crippen LogP contribution is 2.46. The van der Waals surface area contributed by atoms with Gasteiger partial charge in [0.25, 0.3) is 0 Å². The van der Waals surface area contributed by atoms with Gasteiger partial charge in [-0.3, -0.25) is 14.4 Å². The molecule has 9 heteroatoms. The summed E-state index contributed by atoms with van der Waals surface area (Å²) in [5.41, 5.74) is 4.33. The molecule has 0 heterocycles. The molecule has 1 aromatic rings. The van der Waals surface area contributed by atoms with Gasteiger partial charge in [0.05, 0.1) is 18.4 Å². The van der Waals surface area contributed by atoms with E-state index >= 15 is 0 Å². The fraction of sp³-hybridized carbons (Fsp3) is 0.655. The minimum absolute atomic E-state index is 0.125. The lowest BCUT2D eigenvalue weighted by Gasteiger charge is -2.48. The van der Waals surface area contributed by atoms with Crippen molar-refractivity contribution in [2.24, 2.45) is 34.8 Å². The third-order valence-electron chi connectivity index (χ3n) is 7.42. The Hall–Kier alpha value is -2.78. The predicted octanol–water partition coefficient (Wildman–Crippen LogP) is 2.67. The van der Waals surface area contributed by atoms with Gasteiger partial charge in [-0.1, -0.05) is 66.2 Å². The first-order chi connectivity index (χ1) is 17.9. The minimum Gasteiger partial charge on any atom is -0.482 e. The summed E-state index contributed by atoms with van der Waals surface area (Å²) in [5, 5.41) is 14.1. The van der Waals surface area contributed by atoms with Crippen LogP contribution in [-0.2, 0) is 23.9 Å². The highest BCUT2D eigenvalue weighted by molar-refractivity contribution is 6.15. The van der Waals surface area contributed by atoms with Gasteiger partial charge in [-0.05, 0) is 36.3 Å². The lowest BCUT2D eigenvalue weighted by molar-refractivity contribution is -0.180. The van der Waals surface area contributed by atoms with Crippen molar-refractivity contribution in [3.63, 3.8) is 0 Å². The molecule has 0 saturated heterocycles. The van der Waals surface area contributed by atoms with Crippen LogP contribution in [0.15, 0.2) is 30.3 Å². The van der Waals surface area contributed by atoms with Crippen LogP contribution in [0.1, 0.15) is 60.8 Å². The molecule has 1 aliphatic rings. The van der Waals surface area contributed by atoms with Crippen molar-refractivity contribution in [1.29, 1.82) is 0 Å². The molecule has 1 fully saturated rings. The monoisotopic (exact) mass is 532 g/mol. The summed E-state index contributed by atoms with van der Waals surface area (Å²) in [6, 6.07) is 7.80. The van der Waals surface area contributed by atoms with E-state index in [1.54, 1.807) is 44.2 Å². The third kappa shape index (κ3) is 7.20. The number of amides is 1. The Morgan fingerprint density at radius 1 is 1.13 bits per heavy atom. The number of Topliss-reactive ketones (excluding diaryl/α,β-unsaturated/α-hetero) is 2. The number of aliphatic hydroxyl groups is 1. The van der Waals surface area contributed by atoms with Crippen LogP contribution in [0.2, 0.25) is 0 Å². The molecule has 0 spiro atoms. The van der Waals surface area contributed by atoms with Gasteiger partial charge in [-0.2, -0.15) is 0 Å². The number of hydrogen-bond acceptors (Lipinski definition) is 8. The average molecular weight is 533 g/mol. The SMILES string of the molecule is CCC(C)CNC(=O)[C@]1(C(C)C)C(=O)[C@@H](OC(=O)COc2ccccc2)CC(=O)C1[C@H](O)[C@@H](N)CC(C)C. The van der Waals surface area contributed by atoms with Crippen LogP contribution in [0.5, 0.6) is 5.75 Å². The molecule has 0 radical (unpaired) electrons. The maximum Gasteiger partial charge on any atom is 0.344 e. The molecular weight excluding hydrogens is 488 g/mol. The smallest absolute Gasteiger partial charge is 0.344 e. The van der Waals surface area contributed by atoms with Crippen LogP contribution >= 0.6 is 0 Å². The summed E-state index contributed by atoms with van der Waals surface area (Å²) in [5.74, 6) is -4.10. The maximum absolute atomic E-state index is 14.1. The Kier molecular flexibility index (Phi) is 11.5. The first-order valence-corrected chi connectivity index (χ1v) is 13.5. The predicted molar refractivity (Wildman–Crippen MR) is 143 cm³/mol. The molecule has 212 valence electrons. The van der Waals surface area contributed by atoms with Crippen molar-refractivity contribution in [1.82, 2.24) is 5.32 Å². The zero-order chi connectivity index (χ0) is 28.6. The minimum atomic E-state index is -1.96. The molecule has 9 nitrogen and oxygen atoms in total. The molecule has 0 aromatic heterocycles. The number of ketones is 2. The topological polar surface area (TPSA) is 145 Å². The van der Waals surface area contributed by atoms with Gasteiger partial charge in [-0.15, -0.1) is 0 Å². The molecule has 2 unspecified atom stereocenters. The Balaban J connectivity index is 2.41. The molecule has 1 aromatic carbocycles. The molecule has 6 atom stereocenters. The Labute approximate surface area is 225 Å². The van der Waals surface area contributed by atoms with Crippen LogP contribution in [0.4, 0.5) is 0 Å². The van der Waals surface area contributed by atoms with Crippen LogP contribution < -0.4 is 15.8 Å². The number of carbonyl (C=O) groups is 4. The van der Waals surface area contributed by atoms with Gasteiger partial charge in [-0.25, -0.2) is 4.79 Å². The number of para-hydroxylation sites is 1. The average Bonchev–Trinajstić information content (AvgIpc) is 2.87. The summed E-state index contributed by atoms with van der Waals surface area (Å²) in [4.78, 5) is 54.1. The van der Waals surface area contributed by atoms with Crippen molar-refractivity contribution in [2.75, 3.05) is 13.2 Å². The van der Waals surface area contributed by atoms with Gasteiger partial charge in [0.15, 0.2) is 18.5 Å². The van der Waals surface area contributed by atoms with E-state index < -0.39 is 72.0 Å². The highest BCUT2D eigenvalue weighted by Gasteiger charge is 2.64. The maximum atomic E-state index is 14.1. The van der Waals surface area contributed by atoms with E-state index in [1.807, 2.05) is 27.7 Å². The summed E-state index contributed by atoms with van der Waals surface area (Å²) in [6.45, 7) is 10.9. The molecule has 38 heavy (non-hydrogen) atoms. The normalized spacial score (nSPS) is 24.2. The zero-order valence-electron chi connectivity index (χ0n) is 23.4. The van der Waals surface area contributed by atoms with Gasteiger partial charge < -0.3 is 25.6 Å². The van der Waals surface area contributed by atoms with E-state index in [9.17, 15) is 24.3 Å². The quantitative estimate of drug-likeness (QED) is 0.260. The zero-order valence-corrected chi connectivity index (χ0v) is 23.4. The van der Waals surface area contributed by atoms with Crippen molar-refractivity contribution in [3.05, 3.63) is 30.3 Å². The van der Waals surface area contributed by atoms with Crippen LogP contribution in [0.3, 0.4) is 0 Å². The van der Waals surface area contributed by atoms with E-state index in [0.29, 0.717) is 18.7 Å². The fourth-order valence-electron chi connectivity index (χ4n) is 5.13. The molecule has 1 saturated carbocycles. The molecule has 0 aliphatic heterocycles. The first kappa shape index (κ1) is 31.4. The lowest BCUT2D eigenvalue weighted by atomic mass is 9.55. The second-order valence-corrected chi connectivity index (χ2v) is 11.1. The van der Waals surface area contributed by atoms with E-state index in [2.05, 4.69) is 5.32 Å². The number of benzene rings is 1. The number of ether oxygens (including phenoxy) is 2. The van der Waals surface area contributed by atoms with E-state index in [1.165, 1.54) is 0 Å².